The SMILES string of the molecule is COCC(O)CNCC(O)COc1ccc(Cl)cc1. The van der Waals surface area contributed by atoms with Crippen molar-refractivity contribution in [3.8, 4) is 5.75 Å². The summed E-state index contributed by atoms with van der Waals surface area (Å²) in [4.78, 5) is 0. The van der Waals surface area contributed by atoms with Gasteiger partial charge in [-0.2, -0.15) is 0 Å². The van der Waals surface area contributed by atoms with Gasteiger partial charge in [0.15, 0.2) is 0 Å². The summed E-state index contributed by atoms with van der Waals surface area (Å²) in [6, 6.07) is 6.93. The van der Waals surface area contributed by atoms with Gasteiger partial charge in [0, 0.05) is 25.2 Å². The van der Waals surface area contributed by atoms with Crippen molar-refractivity contribution in [1.29, 1.82) is 0 Å². The average molecular weight is 290 g/mol. The van der Waals surface area contributed by atoms with Gasteiger partial charge >= 0.3 is 0 Å². The van der Waals surface area contributed by atoms with Crippen molar-refractivity contribution < 1.29 is 19.7 Å². The lowest BCUT2D eigenvalue weighted by Gasteiger charge is -2.15. The quantitative estimate of drug-likeness (QED) is 0.623. The maximum atomic E-state index is 9.68. The molecule has 1 aromatic rings. The number of rotatable bonds is 9. The standard InChI is InChI=1S/C13H20ClNO4/c1-18-8-11(16)6-15-7-12(17)9-19-13-4-2-10(14)3-5-13/h2-5,11-12,15-17H,6-9H2,1H3. The van der Waals surface area contributed by atoms with Crippen LogP contribution in [-0.4, -0.2) is 55.8 Å². The van der Waals surface area contributed by atoms with E-state index < -0.39 is 12.2 Å². The Morgan fingerprint density at radius 3 is 2.26 bits per heavy atom. The highest BCUT2D eigenvalue weighted by atomic mass is 35.5. The molecule has 0 saturated carbocycles. The van der Waals surface area contributed by atoms with Crippen LogP contribution >= 0.6 is 11.6 Å². The Kier molecular flexibility index (Phi) is 7.78. The largest absolute Gasteiger partial charge is 0.491 e. The number of methoxy groups -OCH3 is 1. The number of halogens is 1. The van der Waals surface area contributed by atoms with Crippen molar-refractivity contribution >= 4 is 11.6 Å². The molecule has 6 heteroatoms. The second kappa shape index (κ2) is 9.12. The molecular formula is C13H20ClNO4. The van der Waals surface area contributed by atoms with E-state index >= 15 is 0 Å². The van der Waals surface area contributed by atoms with Gasteiger partial charge in [0.25, 0.3) is 0 Å². The normalized spacial score (nSPS) is 14.1. The summed E-state index contributed by atoms with van der Waals surface area (Å²) in [7, 11) is 1.53. The van der Waals surface area contributed by atoms with Crippen molar-refractivity contribution in [3.63, 3.8) is 0 Å². The average Bonchev–Trinajstić information content (AvgIpc) is 2.38. The van der Waals surface area contributed by atoms with Crippen LogP contribution in [0, 0.1) is 0 Å². The fourth-order valence-electron chi connectivity index (χ4n) is 1.45. The number of hydrogen-bond donors (Lipinski definition) is 3. The third-order valence-corrected chi connectivity index (χ3v) is 2.63. The molecular weight excluding hydrogens is 270 g/mol. The molecule has 1 rings (SSSR count). The molecule has 19 heavy (non-hydrogen) atoms. The minimum atomic E-state index is -0.648. The molecule has 0 aliphatic heterocycles. The molecule has 0 aliphatic carbocycles. The van der Waals surface area contributed by atoms with Crippen LogP contribution in [0.5, 0.6) is 5.75 Å². The number of ether oxygens (including phenoxy) is 2. The van der Waals surface area contributed by atoms with E-state index in [2.05, 4.69) is 5.32 Å². The fourth-order valence-corrected chi connectivity index (χ4v) is 1.58. The molecule has 0 saturated heterocycles. The van der Waals surface area contributed by atoms with Gasteiger partial charge in [0.1, 0.15) is 18.5 Å². The summed E-state index contributed by atoms with van der Waals surface area (Å²) in [6.45, 7) is 1.15. The highest BCUT2D eigenvalue weighted by Crippen LogP contribution is 2.15. The first-order chi connectivity index (χ1) is 9.11. The maximum Gasteiger partial charge on any atom is 0.119 e. The Morgan fingerprint density at radius 2 is 1.68 bits per heavy atom. The second-order valence-corrected chi connectivity index (χ2v) is 4.62. The summed E-state index contributed by atoms with van der Waals surface area (Å²) in [5.74, 6) is 0.655. The van der Waals surface area contributed by atoms with Crippen LogP contribution in [0.4, 0.5) is 0 Å². The minimum Gasteiger partial charge on any atom is -0.491 e. The van der Waals surface area contributed by atoms with Crippen molar-refractivity contribution in [2.45, 2.75) is 12.2 Å². The predicted octanol–water partition coefficient (Wildman–Crippen LogP) is 0.677. The van der Waals surface area contributed by atoms with Crippen molar-refractivity contribution in [3.05, 3.63) is 29.3 Å². The fraction of sp³-hybridized carbons (Fsp3) is 0.538. The number of benzene rings is 1. The predicted molar refractivity (Wildman–Crippen MR) is 73.7 cm³/mol. The molecule has 0 amide bonds. The molecule has 0 aliphatic rings. The molecule has 0 radical (unpaired) electrons. The summed E-state index contributed by atoms with van der Waals surface area (Å²) in [6.07, 6.45) is -1.22. The molecule has 0 heterocycles. The highest BCUT2D eigenvalue weighted by Gasteiger charge is 2.07. The lowest BCUT2D eigenvalue weighted by atomic mass is 10.3. The summed E-state index contributed by atoms with van der Waals surface area (Å²) < 4.78 is 10.2. The summed E-state index contributed by atoms with van der Waals surface area (Å²) in [5, 5.41) is 22.6. The Morgan fingerprint density at radius 1 is 1.11 bits per heavy atom. The minimum absolute atomic E-state index is 0.176. The molecule has 0 fully saturated rings. The third kappa shape index (κ3) is 7.34. The smallest absolute Gasteiger partial charge is 0.119 e. The van der Waals surface area contributed by atoms with Gasteiger partial charge in [-0.25, -0.2) is 0 Å². The number of hydrogen-bond acceptors (Lipinski definition) is 5. The molecule has 3 N–H and O–H groups in total. The van der Waals surface area contributed by atoms with Crippen LogP contribution in [0.15, 0.2) is 24.3 Å². The lowest BCUT2D eigenvalue weighted by Crippen LogP contribution is -2.37. The van der Waals surface area contributed by atoms with E-state index in [-0.39, 0.29) is 13.2 Å². The molecule has 0 aromatic heterocycles. The van der Waals surface area contributed by atoms with E-state index in [0.717, 1.165) is 0 Å². The number of nitrogens with one attached hydrogen (secondary N) is 1. The van der Waals surface area contributed by atoms with E-state index in [0.29, 0.717) is 23.9 Å². The van der Waals surface area contributed by atoms with E-state index in [9.17, 15) is 10.2 Å². The van der Waals surface area contributed by atoms with Gasteiger partial charge in [-0.05, 0) is 24.3 Å². The van der Waals surface area contributed by atoms with Crippen LogP contribution in [0.1, 0.15) is 0 Å². The number of aliphatic hydroxyl groups excluding tert-OH is 2. The maximum absolute atomic E-state index is 9.68. The molecule has 0 bridgehead atoms. The Bertz CT molecular complexity index is 347. The number of aliphatic hydroxyl groups is 2. The van der Waals surface area contributed by atoms with E-state index in [4.69, 9.17) is 21.1 Å². The van der Waals surface area contributed by atoms with Gasteiger partial charge in [-0.3, -0.25) is 0 Å². The molecule has 2 atom stereocenters. The van der Waals surface area contributed by atoms with Crippen LogP contribution in [-0.2, 0) is 4.74 Å². The Balaban J connectivity index is 2.14. The lowest BCUT2D eigenvalue weighted by molar-refractivity contribution is 0.0582. The van der Waals surface area contributed by atoms with E-state index in [1.807, 2.05) is 0 Å². The third-order valence-electron chi connectivity index (χ3n) is 2.38. The molecule has 2 unspecified atom stereocenters. The van der Waals surface area contributed by atoms with E-state index in [1.54, 1.807) is 24.3 Å². The van der Waals surface area contributed by atoms with Crippen LogP contribution in [0.3, 0.4) is 0 Å². The van der Waals surface area contributed by atoms with Gasteiger partial charge in [-0.1, -0.05) is 11.6 Å². The van der Waals surface area contributed by atoms with Crippen LogP contribution < -0.4 is 10.1 Å². The Hall–Kier alpha value is -0.850. The van der Waals surface area contributed by atoms with Gasteiger partial charge in [0.2, 0.25) is 0 Å². The van der Waals surface area contributed by atoms with Crippen molar-refractivity contribution in [1.82, 2.24) is 5.32 Å². The van der Waals surface area contributed by atoms with E-state index in [1.165, 1.54) is 7.11 Å². The molecule has 108 valence electrons. The first-order valence-corrected chi connectivity index (χ1v) is 6.43. The molecule has 5 nitrogen and oxygen atoms in total. The zero-order chi connectivity index (χ0) is 14.1. The second-order valence-electron chi connectivity index (χ2n) is 4.19. The van der Waals surface area contributed by atoms with Gasteiger partial charge in [0.05, 0.1) is 12.7 Å². The van der Waals surface area contributed by atoms with Gasteiger partial charge in [-0.15, -0.1) is 0 Å². The molecule has 1 aromatic carbocycles. The van der Waals surface area contributed by atoms with Crippen molar-refractivity contribution in [2.75, 3.05) is 33.4 Å². The first kappa shape index (κ1) is 16.2. The molecule has 0 spiro atoms. The Labute approximate surface area is 118 Å². The van der Waals surface area contributed by atoms with Crippen LogP contribution in [0.25, 0.3) is 0 Å². The topological polar surface area (TPSA) is 71.0 Å². The van der Waals surface area contributed by atoms with Crippen molar-refractivity contribution in [2.24, 2.45) is 0 Å². The first-order valence-electron chi connectivity index (χ1n) is 6.06. The summed E-state index contributed by atoms with van der Waals surface area (Å²) in [5.41, 5.74) is 0. The summed E-state index contributed by atoms with van der Waals surface area (Å²) >= 11 is 5.75. The van der Waals surface area contributed by atoms with Gasteiger partial charge < -0.3 is 25.0 Å². The zero-order valence-electron chi connectivity index (χ0n) is 10.9. The van der Waals surface area contributed by atoms with Crippen LogP contribution in [0.2, 0.25) is 5.02 Å². The highest BCUT2D eigenvalue weighted by molar-refractivity contribution is 6.30. The monoisotopic (exact) mass is 289 g/mol. The zero-order valence-corrected chi connectivity index (χ0v) is 11.6.